The normalized spacial score (nSPS) is 13.2. The molecule has 4 aromatic rings. The third kappa shape index (κ3) is 14.5. The fraction of sp³-hybridized carbons (Fsp3) is 0.281. The summed E-state index contributed by atoms with van der Waals surface area (Å²) in [5.41, 5.74) is 1.30. The summed E-state index contributed by atoms with van der Waals surface area (Å²) in [7, 11) is -3.10. The van der Waals surface area contributed by atoms with Gasteiger partial charge in [0, 0.05) is 36.4 Å². The lowest BCUT2D eigenvalue weighted by Gasteiger charge is -2.11. The van der Waals surface area contributed by atoms with Gasteiger partial charge in [0.15, 0.2) is 13.2 Å². The molecule has 0 aliphatic carbocycles. The second-order valence-corrected chi connectivity index (χ2v) is 15.7. The zero-order valence-corrected chi connectivity index (χ0v) is 32.9. The predicted molar refractivity (Wildman–Crippen MR) is 197 cm³/mol. The van der Waals surface area contributed by atoms with Crippen molar-refractivity contribution in [2.24, 2.45) is 5.73 Å². The van der Waals surface area contributed by atoms with Crippen LogP contribution in [0.25, 0.3) is 5.69 Å². The maximum atomic E-state index is 14.1. The lowest BCUT2D eigenvalue weighted by molar-refractivity contribution is -0.385. The van der Waals surface area contributed by atoms with Gasteiger partial charge >= 0.3 is 36.3 Å². The monoisotopic (exact) mass is 925 g/mol. The highest BCUT2D eigenvalue weighted by molar-refractivity contribution is 7.57. The first-order valence-electron chi connectivity index (χ1n) is 15.7. The summed E-state index contributed by atoms with van der Waals surface area (Å²) in [5.74, 6) is -5.58. The number of halogens is 9. The Morgan fingerprint density at radius 3 is 2.10 bits per heavy atom. The highest BCUT2D eigenvalue weighted by Crippen LogP contribution is 2.38. The molecule has 0 aliphatic heterocycles. The van der Waals surface area contributed by atoms with Crippen molar-refractivity contribution in [2.45, 2.75) is 43.9 Å². The number of aryl methyl sites for hydroxylation is 1. The number of aliphatic carboxylic acids is 2. The molecule has 3 atom stereocenters. The van der Waals surface area contributed by atoms with Gasteiger partial charge in [0.2, 0.25) is 0 Å². The number of nitro groups is 1. The van der Waals surface area contributed by atoms with E-state index >= 15 is 0 Å². The molecule has 1 aromatic heterocycles. The number of carbonyl (C=O) groups is 3. The molecule has 0 bridgehead atoms. The van der Waals surface area contributed by atoms with Crippen LogP contribution in [0.3, 0.4) is 0 Å². The Morgan fingerprint density at radius 2 is 1.64 bits per heavy atom. The molecule has 0 fully saturated rings. The molecular weight excluding hydrogens is 898 g/mol. The molecule has 0 amide bonds. The van der Waals surface area contributed by atoms with E-state index in [1.165, 1.54) is 6.66 Å². The van der Waals surface area contributed by atoms with Gasteiger partial charge in [0.05, 0.1) is 15.5 Å². The van der Waals surface area contributed by atoms with E-state index in [1.807, 2.05) is 0 Å². The molecule has 4 rings (SSSR count). The van der Waals surface area contributed by atoms with E-state index in [2.05, 4.69) is 5.10 Å². The molecule has 6 N–H and O–H groups in total. The Hall–Kier alpha value is -5.19. The first kappa shape index (κ1) is 50.0. The largest absolute Gasteiger partial charge is 0.480 e. The van der Waals surface area contributed by atoms with Crippen molar-refractivity contribution in [2.75, 3.05) is 12.8 Å². The molecule has 0 aliphatic rings. The molecular formula is C32H29Cl3F6N5O12P. The van der Waals surface area contributed by atoms with Crippen LogP contribution in [0.2, 0.25) is 10.0 Å². The molecule has 3 aromatic carbocycles. The minimum atomic E-state index is -4.58. The van der Waals surface area contributed by atoms with Crippen LogP contribution in [-0.4, -0.2) is 81.6 Å². The minimum absolute atomic E-state index is 0.0412. The fourth-order valence-corrected chi connectivity index (χ4v) is 5.71. The van der Waals surface area contributed by atoms with Crippen LogP contribution in [0.15, 0.2) is 53.3 Å². The number of carboxylic acid groups (broad SMARTS) is 3. The van der Waals surface area contributed by atoms with Crippen molar-refractivity contribution in [3.05, 3.63) is 108 Å². The van der Waals surface area contributed by atoms with E-state index in [-0.39, 0.29) is 56.5 Å². The summed E-state index contributed by atoms with van der Waals surface area (Å²) in [6.07, 6.45) is -4.83. The highest BCUT2D eigenvalue weighted by Gasteiger charge is 2.31. The fourth-order valence-electron chi connectivity index (χ4n) is 4.34. The number of nitro benzene ring substituents is 1. The summed E-state index contributed by atoms with van der Waals surface area (Å²) >= 11 is 17.2. The first-order chi connectivity index (χ1) is 27.0. The number of aromatic carboxylic acids is 1. The number of hydrogen-bond acceptors (Lipinski definition) is 10. The van der Waals surface area contributed by atoms with E-state index in [9.17, 15) is 60.2 Å². The zero-order chi connectivity index (χ0) is 45.3. The first-order valence-corrected chi connectivity index (χ1v) is 19.2. The van der Waals surface area contributed by atoms with Crippen LogP contribution in [-0.2, 0) is 26.8 Å². The molecule has 0 saturated heterocycles. The van der Waals surface area contributed by atoms with E-state index in [0.717, 1.165) is 49.4 Å². The van der Waals surface area contributed by atoms with Crippen LogP contribution < -0.4 is 16.2 Å². The Kier molecular flexibility index (Phi) is 17.5. The second-order valence-electron chi connectivity index (χ2n) is 11.8. The van der Waals surface area contributed by atoms with Gasteiger partial charge in [0.25, 0.3) is 5.69 Å². The van der Waals surface area contributed by atoms with Crippen molar-refractivity contribution in [1.29, 1.82) is 0 Å². The topological polar surface area (TPSA) is 267 Å². The SMILES string of the molecule is CP(=O)(O)CCC(N)C(=O)O.Cc1nn(-c2cc(CC(Cl)C(=O)O)c(Cl)cc2F)c(=O)n1C(F)F.O=C(O)c1cc(Oc2ccc(C(F)(F)F)cc2Cl)ccc1[N+](=O)[O-]. The van der Waals surface area contributed by atoms with Gasteiger partial charge in [-0.05, 0) is 55.3 Å². The van der Waals surface area contributed by atoms with Gasteiger partial charge in [-0.15, -0.1) is 16.7 Å². The third-order valence-corrected chi connectivity index (χ3v) is 9.32. The van der Waals surface area contributed by atoms with Gasteiger partial charge in [-0.3, -0.25) is 24.3 Å². The number of nitrogens with zero attached hydrogens (tertiary/aromatic N) is 4. The van der Waals surface area contributed by atoms with Gasteiger partial charge in [-0.1, -0.05) is 23.2 Å². The van der Waals surface area contributed by atoms with Crippen LogP contribution in [0.1, 0.15) is 40.3 Å². The number of rotatable bonds is 13. The standard InChI is InChI=1S/C14H7ClF3NO5.C13H10Cl2F3N3O3.C5H12NO4P/c15-10-5-7(14(16,17)18)1-4-12(10)24-8-2-3-11(19(22)23)9(6-8)13(20)21;1-5-19-21(13(24)20(5)12(17)18)10-3-6(2-8(15)11(22)23)7(14)4-9(10)16;1-11(9,10)3-2-4(6)5(7)8/h1-6H,(H,20,21);3-4,8,12H,2H2,1H3,(H,22,23);4H,2-3,6H2,1H3,(H,7,8)(H,9,10). The van der Waals surface area contributed by atoms with Gasteiger partial charge in [-0.2, -0.15) is 26.6 Å². The van der Waals surface area contributed by atoms with Gasteiger partial charge in [0.1, 0.15) is 40.0 Å². The molecule has 0 saturated carbocycles. The average Bonchev–Trinajstić information content (AvgIpc) is 3.41. The Morgan fingerprint density at radius 1 is 1.03 bits per heavy atom. The van der Waals surface area contributed by atoms with Crippen LogP contribution in [0.4, 0.5) is 32.0 Å². The molecule has 17 nitrogen and oxygen atoms in total. The van der Waals surface area contributed by atoms with E-state index < -0.39 is 88.4 Å². The molecule has 322 valence electrons. The Labute approximate surface area is 341 Å². The number of nitrogens with two attached hydrogens (primary N) is 1. The Balaban J connectivity index is 0.000000327. The smallest absolute Gasteiger partial charge is 0.416 e. The maximum absolute atomic E-state index is 14.1. The van der Waals surface area contributed by atoms with Crippen molar-refractivity contribution < 1.29 is 75.2 Å². The number of hydrogen-bond donors (Lipinski definition) is 5. The summed E-state index contributed by atoms with van der Waals surface area (Å²) in [6, 6.07) is 6.12. The maximum Gasteiger partial charge on any atom is 0.416 e. The van der Waals surface area contributed by atoms with E-state index in [1.54, 1.807) is 0 Å². The van der Waals surface area contributed by atoms with Crippen molar-refractivity contribution >= 4 is 65.8 Å². The molecule has 0 spiro atoms. The lowest BCUT2D eigenvalue weighted by Crippen LogP contribution is -2.30. The van der Waals surface area contributed by atoms with Crippen LogP contribution >= 0.6 is 42.2 Å². The Bertz CT molecular complexity index is 2320. The molecule has 1 heterocycles. The van der Waals surface area contributed by atoms with Crippen molar-refractivity contribution in [3.63, 3.8) is 0 Å². The highest BCUT2D eigenvalue weighted by atomic mass is 35.5. The molecule has 3 unspecified atom stereocenters. The summed E-state index contributed by atoms with van der Waals surface area (Å²) in [5, 5.41) is 38.6. The summed E-state index contributed by atoms with van der Waals surface area (Å²) in [4.78, 5) is 62.6. The van der Waals surface area contributed by atoms with E-state index in [0.29, 0.717) is 10.7 Å². The number of carboxylic acids is 3. The number of benzene rings is 3. The van der Waals surface area contributed by atoms with Crippen molar-refractivity contribution in [1.82, 2.24) is 14.3 Å². The third-order valence-electron chi connectivity index (χ3n) is 7.24. The number of alkyl halides is 6. The molecule has 59 heavy (non-hydrogen) atoms. The van der Waals surface area contributed by atoms with Gasteiger partial charge in [-0.25, -0.2) is 18.5 Å². The van der Waals surface area contributed by atoms with Crippen molar-refractivity contribution in [3.8, 4) is 17.2 Å². The molecule has 27 heteroatoms. The lowest BCUT2D eigenvalue weighted by atomic mass is 10.1. The van der Waals surface area contributed by atoms with Crippen LogP contribution in [0, 0.1) is 22.9 Å². The predicted octanol–water partition coefficient (Wildman–Crippen LogP) is 7.21. The summed E-state index contributed by atoms with van der Waals surface area (Å²) < 4.78 is 93.9. The quantitative estimate of drug-likeness (QED) is 0.0292. The summed E-state index contributed by atoms with van der Waals surface area (Å²) in [6.45, 7) is -0.792. The number of ether oxygens (including phenoxy) is 1. The number of aromatic nitrogens is 3. The second kappa shape index (κ2) is 20.7. The van der Waals surface area contributed by atoms with Crippen LogP contribution in [0.5, 0.6) is 11.5 Å². The minimum Gasteiger partial charge on any atom is -0.480 e. The zero-order valence-electron chi connectivity index (χ0n) is 29.7. The molecule has 0 radical (unpaired) electrons. The van der Waals surface area contributed by atoms with Gasteiger partial charge < -0.3 is 30.7 Å². The van der Waals surface area contributed by atoms with E-state index in [4.69, 9.17) is 65.5 Å². The average molecular weight is 927 g/mol.